The molecule has 0 aliphatic carbocycles. The average Bonchev–Trinajstić information content (AvgIpc) is 2.53. The number of carbonyl (C=O) groups is 1. The average molecular weight is 328 g/mol. The molecule has 0 unspecified atom stereocenters. The number of carbonyl (C=O) groups excluding carboxylic acids is 1. The number of benzene rings is 2. The van der Waals surface area contributed by atoms with Gasteiger partial charge in [-0.1, -0.05) is 35.9 Å². The van der Waals surface area contributed by atoms with E-state index in [1.165, 1.54) is 18.3 Å². The van der Waals surface area contributed by atoms with E-state index in [4.69, 9.17) is 16.9 Å². The second kappa shape index (κ2) is 7.87. The molecule has 23 heavy (non-hydrogen) atoms. The number of hydrogen-bond acceptors (Lipinski definition) is 4. The van der Waals surface area contributed by atoms with Crippen molar-refractivity contribution in [3.05, 3.63) is 70.9 Å². The number of amides is 1. The van der Waals surface area contributed by atoms with Crippen LogP contribution >= 0.6 is 11.6 Å². The Morgan fingerprint density at radius 1 is 1.26 bits per heavy atom. The van der Waals surface area contributed by atoms with E-state index in [0.29, 0.717) is 17.3 Å². The van der Waals surface area contributed by atoms with Crippen LogP contribution in [0.25, 0.3) is 0 Å². The Morgan fingerprint density at radius 3 is 2.74 bits per heavy atom. The Hall–Kier alpha value is -2.97. The number of nitrogens with zero attached hydrogens (tertiary/aromatic N) is 1. The maximum atomic E-state index is 12.0. The number of hydrogen-bond donors (Lipinski definition) is 3. The van der Waals surface area contributed by atoms with Crippen LogP contribution in [0, 0.1) is 11.3 Å². The summed E-state index contributed by atoms with van der Waals surface area (Å²) in [6.45, 7) is 0.393. The first-order valence-corrected chi connectivity index (χ1v) is 7.15. The van der Waals surface area contributed by atoms with Crippen LogP contribution in [0.5, 0.6) is 5.75 Å². The summed E-state index contributed by atoms with van der Waals surface area (Å²) in [4.78, 5) is 12.0. The highest BCUT2D eigenvalue weighted by Gasteiger charge is 2.09. The molecule has 6 heteroatoms. The quantitative estimate of drug-likeness (QED) is 0.581. The Balaban J connectivity index is 2.00. The molecule has 0 spiro atoms. The van der Waals surface area contributed by atoms with Crippen molar-refractivity contribution in [3.8, 4) is 11.8 Å². The Labute approximate surface area is 138 Å². The monoisotopic (exact) mass is 327 g/mol. The van der Waals surface area contributed by atoms with Crippen molar-refractivity contribution in [3.63, 3.8) is 0 Å². The first kappa shape index (κ1) is 16.4. The molecule has 116 valence electrons. The van der Waals surface area contributed by atoms with Crippen molar-refractivity contribution in [2.75, 3.05) is 5.32 Å². The third kappa shape index (κ3) is 4.77. The number of phenolic OH excluding ortho intramolecular Hbond substituents is 1. The van der Waals surface area contributed by atoms with Gasteiger partial charge in [0.1, 0.15) is 17.4 Å². The Kier molecular flexibility index (Phi) is 5.61. The molecule has 5 nitrogen and oxygen atoms in total. The van der Waals surface area contributed by atoms with Gasteiger partial charge in [-0.05, 0) is 23.8 Å². The van der Waals surface area contributed by atoms with Gasteiger partial charge in [-0.25, -0.2) is 0 Å². The lowest BCUT2D eigenvalue weighted by atomic mass is 10.2. The molecule has 0 atom stereocenters. The number of aromatic hydroxyl groups is 1. The normalized spacial score (nSPS) is 10.7. The van der Waals surface area contributed by atoms with Crippen LogP contribution < -0.4 is 10.6 Å². The predicted octanol–water partition coefficient (Wildman–Crippen LogP) is 3.18. The van der Waals surface area contributed by atoms with Crippen LogP contribution in [0.2, 0.25) is 5.02 Å². The molecule has 0 aliphatic heterocycles. The SMILES string of the molecule is N#C/C(=C/NCc1ccccc1Cl)C(=O)Nc1cccc(O)c1. The second-order valence-corrected chi connectivity index (χ2v) is 5.05. The van der Waals surface area contributed by atoms with Crippen LogP contribution in [-0.4, -0.2) is 11.0 Å². The van der Waals surface area contributed by atoms with Crippen LogP contribution in [0.4, 0.5) is 5.69 Å². The zero-order valence-electron chi connectivity index (χ0n) is 12.1. The zero-order valence-corrected chi connectivity index (χ0v) is 12.8. The maximum Gasteiger partial charge on any atom is 0.267 e. The van der Waals surface area contributed by atoms with Crippen molar-refractivity contribution < 1.29 is 9.90 Å². The van der Waals surface area contributed by atoms with Gasteiger partial charge in [0.15, 0.2) is 0 Å². The molecule has 3 N–H and O–H groups in total. The fourth-order valence-corrected chi connectivity index (χ4v) is 2.04. The zero-order chi connectivity index (χ0) is 16.7. The Morgan fingerprint density at radius 2 is 2.04 bits per heavy atom. The van der Waals surface area contributed by atoms with Crippen molar-refractivity contribution in [1.82, 2.24) is 5.32 Å². The van der Waals surface area contributed by atoms with Gasteiger partial charge in [-0.15, -0.1) is 0 Å². The molecule has 2 rings (SSSR count). The van der Waals surface area contributed by atoms with E-state index in [1.54, 1.807) is 18.2 Å². The van der Waals surface area contributed by atoms with Gasteiger partial charge in [-0.2, -0.15) is 5.26 Å². The minimum atomic E-state index is -0.565. The Bertz CT molecular complexity index is 781. The van der Waals surface area contributed by atoms with Crippen LogP contribution in [0.1, 0.15) is 5.56 Å². The van der Waals surface area contributed by atoms with Crippen molar-refractivity contribution >= 4 is 23.2 Å². The van der Waals surface area contributed by atoms with E-state index in [2.05, 4.69) is 10.6 Å². The third-order valence-corrected chi connectivity index (χ3v) is 3.33. The lowest BCUT2D eigenvalue weighted by Gasteiger charge is -2.06. The van der Waals surface area contributed by atoms with E-state index in [0.717, 1.165) is 5.56 Å². The number of nitriles is 1. The lowest BCUT2D eigenvalue weighted by Crippen LogP contribution is -2.16. The van der Waals surface area contributed by atoms with Crippen LogP contribution in [-0.2, 0) is 11.3 Å². The number of rotatable bonds is 5. The minimum absolute atomic E-state index is 0.0298. The van der Waals surface area contributed by atoms with Gasteiger partial charge in [0, 0.05) is 29.5 Å². The number of halogens is 1. The largest absolute Gasteiger partial charge is 0.508 e. The van der Waals surface area contributed by atoms with Gasteiger partial charge >= 0.3 is 0 Å². The fourth-order valence-electron chi connectivity index (χ4n) is 1.84. The summed E-state index contributed by atoms with van der Waals surface area (Å²) in [5.74, 6) is -0.535. The topological polar surface area (TPSA) is 85.2 Å². The summed E-state index contributed by atoms with van der Waals surface area (Å²) in [5, 5.41) is 24.5. The van der Waals surface area contributed by atoms with Gasteiger partial charge in [0.25, 0.3) is 5.91 Å². The summed E-state index contributed by atoms with van der Waals surface area (Å²) in [6.07, 6.45) is 1.33. The fraction of sp³-hybridized carbons (Fsp3) is 0.0588. The lowest BCUT2D eigenvalue weighted by molar-refractivity contribution is -0.112. The number of nitrogens with one attached hydrogen (secondary N) is 2. The molecule has 0 fully saturated rings. The van der Waals surface area contributed by atoms with Crippen molar-refractivity contribution in [2.45, 2.75) is 6.54 Å². The van der Waals surface area contributed by atoms with Crippen molar-refractivity contribution in [2.24, 2.45) is 0 Å². The molecule has 0 bridgehead atoms. The molecule has 0 heterocycles. The molecule has 0 radical (unpaired) electrons. The summed E-state index contributed by atoms with van der Waals surface area (Å²) < 4.78 is 0. The van der Waals surface area contributed by atoms with E-state index in [1.807, 2.05) is 24.3 Å². The first-order valence-electron chi connectivity index (χ1n) is 6.77. The molecular weight excluding hydrogens is 314 g/mol. The maximum absolute atomic E-state index is 12.0. The molecule has 0 saturated carbocycles. The third-order valence-electron chi connectivity index (χ3n) is 2.97. The summed E-state index contributed by atoms with van der Waals surface area (Å²) in [7, 11) is 0. The minimum Gasteiger partial charge on any atom is -0.508 e. The van der Waals surface area contributed by atoms with E-state index >= 15 is 0 Å². The van der Waals surface area contributed by atoms with Gasteiger partial charge < -0.3 is 15.7 Å². The summed E-state index contributed by atoms with van der Waals surface area (Å²) >= 11 is 6.03. The van der Waals surface area contributed by atoms with E-state index in [9.17, 15) is 9.90 Å². The molecule has 0 aromatic heterocycles. The molecule has 2 aromatic carbocycles. The van der Waals surface area contributed by atoms with Gasteiger partial charge in [-0.3, -0.25) is 4.79 Å². The van der Waals surface area contributed by atoms with Gasteiger partial charge in [0.05, 0.1) is 0 Å². The van der Waals surface area contributed by atoms with Crippen LogP contribution in [0.3, 0.4) is 0 Å². The molecular formula is C17H14ClN3O2. The molecule has 0 aliphatic rings. The van der Waals surface area contributed by atoms with Crippen LogP contribution in [0.15, 0.2) is 60.3 Å². The second-order valence-electron chi connectivity index (χ2n) is 4.65. The smallest absolute Gasteiger partial charge is 0.267 e. The van der Waals surface area contributed by atoms with Crippen molar-refractivity contribution in [1.29, 1.82) is 5.26 Å². The summed E-state index contributed by atoms with van der Waals surface area (Å²) in [6, 6.07) is 15.2. The number of phenols is 1. The first-order chi connectivity index (χ1) is 11.1. The molecule has 0 saturated heterocycles. The number of anilines is 1. The summed E-state index contributed by atoms with van der Waals surface area (Å²) in [5.41, 5.74) is 1.18. The highest BCUT2D eigenvalue weighted by Crippen LogP contribution is 2.16. The van der Waals surface area contributed by atoms with Gasteiger partial charge in [0.2, 0.25) is 0 Å². The molecule has 1 amide bonds. The highest BCUT2D eigenvalue weighted by atomic mass is 35.5. The van der Waals surface area contributed by atoms with E-state index < -0.39 is 5.91 Å². The highest BCUT2D eigenvalue weighted by molar-refractivity contribution is 6.31. The predicted molar refractivity (Wildman–Crippen MR) is 88.7 cm³/mol. The standard InChI is InChI=1S/C17H14ClN3O2/c18-16-7-2-1-4-12(16)10-20-11-13(9-19)17(23)21-14-5-3-6-15(22)8-14/h1-8,11,20,22H,10H2,(H,21,23)/b13-11-. The molecule has 2 aromatic rings. The van der Waals surface area contributed by atoms with E-state index in [-0.39, 0.29) is 11.3 Å².